The lowest BCUT2D eigenvalue weighted by atomic mass is 9.76. The SMILES string of the molecule is C/C=C/C(=O)c1c(C)cc(C)c(C2CC(=O)C(C(CC)NOCC=CCl)=C(O)C2)c1C. The van der Waals surface area contributed by atoms with Gasteiger partial charge in [0.25, 0.3) is 0 Å². The first-order valence-electron chi connectivity index (χ1n) is 10.6. The number of halogens is 1. The van der Waals surface area contributed by atoms with E-state index in [1.54, 1.807) is 18.2 Å². The summed E-state index contributed by atoms with van der Waals surface area (Å²) < 4.78 is 0. The lowest BCUT2D eigenvalue weighted by Crippen LogP contribution is -2.37. The van der Waals surface area contributed by atoms with Gasteiger partial charge in [0.05, 0.1) is 18.2 Å². The third-order valence-corrected chi connectivity index (χ3v) is 5.92. The molecule has 0 fully saturated rings. The number of aliphatic hydroxyl groups excluding tert-OH is 1. The van der Waals surface area contributed by atoms with E-state index >= 15 is 0 Å². The van der Waals surface area contributed by atoms with E-state index in [1.807, 2.05) is 40.7 Å². The number of aliphatic hydroxyl groups is 1. The van der Waals surface area contributed by atoms with E-state index in [-0.39, 0.29) is 36.3 Å². The summed E-state index contributed by atoms with van der Waals surface area (Å²) in [7, 11) is 0. The van der Waals surface area contributed by atoms with E-state index in [0.717, 1.165) is 22.3 Å². The first-order valence-corrected chi connectivity index (χ1v) is 11.1. The van der Waals surface area contributed by atoms with Gasteiger partial charge in [0, 0.05) is 23.9 Å². The van der Waals surface area contributed by atoms with Crippen molar-refractivity contribution in [1.82, 2.24) is 5.48 Å². The van der Waals surface area contributed by atoms with E-state index < -0.39 is 6.04 Å². The lowest BCUT2D eigenvalue weighted by Gasteiger charge is -2.30. The molecular weight excluding hydrogens is 414 g/mol. The number of ketones is 2. The number of hydrogen-bond donors (Lipinski definition) is 2. The molecule has 31 heavy (non-hydrogen) atoms. The minimum Gasteiger partial charge on any atom is -0.512 e. The van der Waals surface area contributed by atoms with Gasteiger partial charge in [-0.2, -0.15) is 5.48 Å². The monoisotopic (exact) mass is 445 g/mol. The van der Waals surface area contributed by atoms with E-state index in [9.17, 15) is 14.7 Å². The largest absolute Gasteiger partial charge is 0.512 e. The zero-order valence-corrected chi connectivity index (χ0v) is 19.7. The minimum absolute atomic E-state index is 0.0419. The van der Waals surface area contributed by atoms with Crippen molar-refractivity contribution in [3.05, 3.63) is 69.0 Å². The number of carbonyl (C=O) groups excluding carboxylic acids is 2. The fourth-order valence-corrected chi connectivity index (χ4v) is 4.60. The topological polar surface area (TPSA) is 75.6 Å². The van der Waals surface area contributed by atoms with Crippen molar-refractivity contribution in [2.45, 2.75) is 65.8 Å². The second-order valence-corrected chi connectivity index (χ2v) is 8.18. The number of nitrogens with one attached hydrogen (secondary N) is 1. The van der Waals surface area contributed by atoms with Gasteiger partial charge >= 0.3 is 0 Å². The standard InChI is InChI=1S/C25H32ClNO4/c1-6-9-20(28)24-16(4)12-15(3)23(17(24)5)18-13-21(29)25(22(30)14-18)19(7-2)27-31-11-8-10-26/h6,8-10,12,18-19,27,29H,7,11,13-14H2,1-5H3/b9-6+,10-8?. The van der Waals surface area contributed by atoms with E-state index in [2.05, 4.69) is 5.48 Å². The van der Waals surface area contributed by atoms with Gasteiger partial charge in [-0.15, -0.1) is 0 Å². The van der Waals surface area contributed by atoms with Crippen LogP contribution in [-0.2, 0) is 9.63 Å². The molecule has 1 aromatic carbocycles. The number of aryl methyl sites for hydroxylation is 2. The van der Waals surface area contributed by atoms with Crippen molar-refractivity contribution in [3.63, 3.8) is 0 Å². The highest BCUT2D eigenvalue weighted by Gasteiger charge is 2.34. The molecule has 5 nitrogen and oxygen atoms in total. The maximum Gasteiger partial charge on any atom is 0.186 e. The van der Waals surface area contributed by atoms with Gasteiger partial charge < -0.3 is 5.11 Å². The molecule has 1 aliphatic rings. The summed E-state index contributed by atoms with van der Waals surface area (Å²) in [6.45, 7) is 9.85. The summed E-state index contributed by atoms with van der Waals surface area (Å²) >= 11 is 5.49. The fourth-order valence-electron chi connectivity index (χ4n) is 4.53. The molecule has 0 amide bonds. The lowest BCUT2D eigenvalue weighted by molar-refractivity contribution is -0.117. The van der Waals surface area contributed by atoms with Crippen LogP contribution in [0.1, 0.15) is 71.6 Å². The Morgan fingerprint density at radius 1 is 1.32 bits per heavy atom. The third-order valence-electron chi connectivity index (χ3n) is 5.74. The summed E-state index contributed by atoms with van der Waals surface area (Å²) in [6.07, 6.45) is 6.14. The molecule has 2 unspecified atom stereocenters. The molecule has 0 spiro atoms. The van der Waals surface area contributed by atoms with E-state index in [1.165, 1.54) is 5.54 Å². The number of allylic oxidation sites excluding steroid dienone is 3. The van der Waals surface area contributed by atoms with Gasteiger partial charge in [0.2, 0.25) is 0 Å². The second-order valence-electron chi connectivity index (χ2n) is 7.93. The first kappa shape index (κ1) is 25.1. The predicted molar refractivity (Wildman–Crippen MR) is 125 cm³/mol. The van der Waals surface area contributed by atoms with E-state index in [0.29, 0.717) is 24.0 Å². The van der Waals surface area contributed by atoms with Crippen LogP contribution in [0.4, 0.5) is 0 Å². The van der Waals surface area contributed by atoms with Gasteiger partial charge in [-0.3, -0.25) is 14.4 Å². The average Bonchev–Trinajstić information content (AvgIpc) is 2.69. The van der Waals surface area contributed by atoms with Crippen molar-refractivity contribution in [3.8, 4) is 0 Å². The van der Waals surface area contributed by atoms with Crippen LogP contribution in [-0.4, -0.2) is 29.3 Å². The molecule has 0 saturated heterocycles. The van der Waals surface area contributed by atoms with Gasteiger partial charge in [0.15, 0.2) is 11.6 Å². The average molecular weight is 446 g/mol. The number of Topliss-reactive ketones (excluding diaryl/α,β-unsaturated/α-hetero) is 1. The fraction of sp³-hybridized carbons (Fsp3) is 0.440. The molecule has 0 heterocycles. The Hall–Kier alpha value is -2.21. The molecule has 6 heteroatoms. The Labute approximate surface area is 189 Å². The number of hydroxylamine groups is 1. The normalized spacial score (nSPS) is 18.4. The molecule has 2 N–H and O–H groups in total. The Morgan fingerprint density at radius 2 is 2.03 bits per heavy atom. The Kier molecular flexibility index (Phi) is 9.23. The number of rotatable bonds is 9. The van der Waals surface area contributed by atoms with Gasteiger partial charge in [0.1, 0.15) is 5.76 Å². The van der Waals surface area contributed by atoms with Crippen LogP contribution in [0.3, 0.4) is 0 Å². The Balaban J connectivity index is 2.38. The summed E-state index contributed by atoms with van der Waals surface area (Å²) in [6, 6.07) is 1.60. The molecule has 0 aromatic heterocycles. The van der Waals surface area contributed by atoms with Crippen molar-refractivity contribution < 1.29 is 19.5 Å². The summed E-state index contributed by atoms with van der Waals surface area (Å²) in [4.78, 5) is 31.0. The van der Waals surface area contributed by atoms with Crippen LogP contribution in [0, 0.1) is 20.8 Å². The van der Waals surface area contributed by atoms with Crippen molar-refractivity contribution in [2.75, 3.05) is 6.61 Å². The van der Waals surface area contributed by atoms with Crippen LogP contribution in [0.2, 0.25) is 0 Å². The zero-order valence-electron chi connectivity index (χ0n) is 18.9. The quantitative estimate of drug-likeness (QED) is 0.221. The minimum atomic E-state index is -0.399. The van der Waals surface area contributed by atoms with Gasteiger partial charge in [-0.05, 0) is 74.4 Å². The van der Waals surface area contributed by atoms with E-state index in [4.69, 9.17) is 16.4 Å². The molecule has 1 aliphatic carbocycles. The highest BCUT2D eigenvalue weighted by atomic mass is 35.5. The van der Waals surface area contributed by atoms with Crippen molar-refractivity contribution >= 4 is 23.2 Å². The van der Waals surface area contributed by atoms with Crippen molar-refractivity contribution in [2.24, 2.45) is 0 Å². The van der Waals surface area contributed by atoms with Crippen LogP contribution < -0.4 is 5.48 Å². The van der Waals surface area contributed by atoms with Gasteiger partial charge in [-0.25, -0.2) is 0 Å². The molecular formula is C25H32ClNO4. The summed E-state index contributed by atoms with van der Waals surface area (Å²) in [5, 5.41) is 10.8. The Bertz CT molecular complexity index is 930. The molecule has 0 bridgehead atoms. The Morgan fingerprint density at radius 3 is 2.61 bits per heavy atom. The molecule has 0 aliphatic heterocycles. The predicted octanol–water partition coefficient (Wildman–Crippen LogP) is 5.68. The molecule has 1 aromatic rings. The molecule has 2 rings (SSSR count). The maximum absolute atomic E-state index is 13.1. The molecule has 2 atom stereocenters. The summed E-state index contributed by atoms with van der Waals surface area (Å²) in [5.41, 5.74) is 9.08. The molecule has 0 saturated carbocycles. The second kappa shape index (κ2) is 11.4. The third kappa shape index (κ3) is 5.73. The number of hydrogen-bond acceptors (Lipinski definition) is 5. The smallest absolute Gasteiger partial charge is 0.186 e. The highest BCUT2D eigenvalue weighted by Crippen LogP contribution is 2.39. The van der Waals surface area contributed by atoms with Crippen LogP contribution in [0.25, 0.3) is 0 Å². The van der Waals surface area contributed by atoms with Crippen LogP contribution >= 0.6 is 11.6 Å². The summed E-state index contributed by atoms with van der Waals surface area (Å²) in [5.74, 6) is -0.241. The maximum atomic E-state index is 13.1. The zero-order chi connectivity index (χ0) is 23.1. The number of carbonyl (C=O) groups is 2. The molecule has 0 radical (unpaired) electrons. The van der Waals surface area contributed by atoms with Crippen LogP contribution in [0.5, 0.6) is 0 Å². The first-order chi connectivity index (χ1) is 14.8. The highest BCUT2D eigenvalue weighted by molar-refractivity contribution is 6.25. The molecule has 168 valence electrons. The number of benzene rings is 1. The van der Waals surface area contributed by atoms with Crippen LogP contribution in [0.15, 0.2) is 41.2 Å². The van der Waals surface area contributed by atoms with Gasteiger partial charge in [-0.1, -0.05) is 30.7 Å². The van der Waals surface area contributed by atoms with Crippen molar-refractivity contribution in [1.29, 1.82) is 0 Å².